The number of anilines is 4. The summed E-state index contributed by atoms with van der Waals surface area (Å²) >= 11 is 6.07. The Kier molecular flexibility index (Phi) is 8.87. The van der Waals surface area contributed by atoms with E-state index in [1.54, 1.807) is 49.9 Å². The maximum absolute atomic E-state index is 14.0. The van der Waals surface area contributed by atoms with E-state index in [4.69, 9.17) is 25.5 Å². The highest BCUT2D eigenvalue weighted by Gasteiger charge is 2.09. The van der Waals surface area contributed by atoms with Crippen LogP contribution in [0.5, 0.6) is 11.5 Å². The second-order valence-corrected chi connectivity index (χ2v) is 8.93. The van der Waals surface area contributed by atoms with Crippen molar-refractivity contribution < 1.29 is 18.3 Å². The van der Waals surface area contributed by atoms with E-state index in [0.717, 1.165) is 22.8 Å². The first kappa shape index (κ1) is 27.4. The number of benzene rings is 3. The molecule has 0 saturated carbocycles. The van der Waals surface area contributed by atoms with Gasteiger partial charge in [0.2, 0.25) is 17.8 Å². The molecule has 10 nitrogen and oxygen atoms in total. The molecule has 5 aromatic rings. The molecule has 0 aliphatic heterocycles. The van der Waals surface area contributed by atoms with Gasteiger partial charge in [-0.2, -0.15) is 20.1 Å². The Balaban J connectivity index is 1.24. The van der Waals surface area contributed by atoms with Crippen molar-refractivity contribution in [2.45, 2.75) is 13.2 Å². The van der Waals surface area contributed by atoms with Crippen LogP contribution in [-0.4, -0.2) is 28.3 Å². The minimum atomic E-state index is -0.410. The van der Waals surface area contributed by atoms with Gasteiger partial charge in [-0.25, -0.2) is 9.82 Å². The summed E-state index contributed by atoms with van der Waals surface area (Å²) in [7, 11) is 1.61. The lowest BCUT2D eigenvalue weighted by atomic mass is 10.2. The summed E-state index contributed by atoms with van der Waals surface area (Å²) in [6.45, 7) is 0.405. The molecule has 0 aliphatic rings. The van der Waals surface area contributed by atoms with Crippen LogP contribution in [-0.2, 0) is 13.2 Å². The van der Waals surface area contributed by atoms with E-state index in [1.807, 2.05) is 42.5 Å². The zero-order valence-corrected chi connectivity index (χ0v) is 22.6. The molecule has 0 atom stereocenters. The molecule has 5 rings (SSSR count). The van der Waals surface area contributed by atoms with E-state index in [2.05, 4.69) is 36.1 Å². The first-order valence-corrected chi connectivity index (χ1v) is 12.8. The number of methoxy groups -OCH3 is 1. The maximum atomic E-state index is 14.0. The average molecular weight is 574 g/mol. The minimum Gasteiger partial charge on any atom is -0.497 e. The van der Waals surface area contributed by atoms with Crippen molar-refractivity contribution in [1.29, 1.82) is 0 Å². The lowest BCUT2D eigenvalue weighted by Crippen LogP contribution is -2.09. The summed E-state index contributed by atoms with van der Waals surface area (Å²) in [5.74, 6) is 2.46. The van der Waals surface area contributed by atoms with E-state index in [-0.39, 0.29) is 12.6 Å². The minimum absolute atomic E-state index is 0.0169. The van der Waals surface area contributed by atoms with Gasteiger partial charge < -0.3 is 24.5 Å². The molecule has 0 bridgehead atoms. The van der Waals surface area contributed by atoms with Crippen molar-refractivity contribution in [2.75, 3.05) is 23.2 Å². The molecule has 0 aliphatic carbocycles. The molecule has 12 heteroatoms. The Morgan fingerprint density at radius 3 is 2.39 bits per heavy atom. The van der Waals surface area contributed by atoms with Crippen LogP contribution >= 0.6 is 11.6 Å². The third-order valence-electron chi connectivity index (χ3n) is 5.69. The highest BCUT2D eigenvalue weighted by molar-refractivity contribution is 6.31. The van der Waals surface area contributed by atoms with Crippen LogP contribution < -0.4 is 25.5 Å². The smallest absolute Gasteiger partial charge is 0.250 e. The third-order valence-corrected chi connectivity index (χ3v) is 6.04. The predicted octanol–water partition coefficient (Wildman–Crippen LogP) is 6.65. The molecule has 0 unspecified atom stereocenters. The second-order valence-electron chi connectivity index (χ2n) is 8.52. The predicted molar refractivity (Wildman–Crippen MR) is 156 cm³/mol. The van der Waals surface area contributed by atoms with Crippen molar-refractivity contribution in [3.05, 3.63) is 113 Å². The van der Waals surface area contributed by atoms with Crippen molar-refractivity contribution >= 4 is 41.3 Å². The van der Waals surface area contributed by atoms with Crippen LogP contribution in [0.15, 0.2) is 94.6 Å². The topological polar surface area (TPSA) is 119 Å². The van der Waals surface area contributed by atoms with Gasteiger partial charge in [-0.05, 0) is 78.4 Å². The molecule has 0 saturated heterocycles. The number of hydrogen-bond acceptors (Lipinski definition) is 10. The molecule has 0 amide bonds. The van der Waals surface area contributed by atoms with Crippen molar-refractivity contribution in [3.8, 4) is 11.5 Å². The standard InChI is InChI=1S/C29H25ClFN7O3/c1-39-21-13-9-20(10-14-21)34-28-35-27(32-17-23-4-3-15-40-23)36-29(37-28)38-33-16-19-7-11-22(12-8-19)41-18-24-25(30)5-2-6-26(24)31/h2-16H,17-18H2,1H3,(H3,32,34,35,36,37,38)/b33-16-. The number of hydrogen-bond donors (Lipinski definition) is 3. The van der Waals surface area contributed by atoms with E-state index < -0.39 is 5.82 Å². The summed E-state index contributed by atoms with van der Waals surface area (Å²) in [4.78, 5) is 13.2. The molecule has 3 N–H and O–H groups in total. The molecular formula is C29H25ClFN7O3. The normalized spacial score (nSPS) is 10.9. The first-order valence-electron chi connectivity index (χ1n) is 12.4. The number of hydrazone groups is 1. The Labute approximate surface area is 240 Å². The molecular weight excluding hydrogens is 549 g/mol. The fourth-order valence-electron chi connectivity index (χ4n) is 3.58. The van der Waals surface area contributed by atoms with Crippen molar-refractivity contribution in [3.63, 3.8) is 0 Å². The van der Waals surface area contributed by atoms with Gasteiger partial charge in [-0.15, -0.1) is 0 Å². The third kappa shape index (κ3) is 7.70. The number of nitrogens with one attached hydrogen (secondary N) is 3. The Bertz CT molecular complexity index is 1580. The highest BCUT2D eigenvalue weighted by Crippen LogP contribution is 2.22. The van der Waals surface area contributed by atoms with E-state index in [0.29, 0.717) is 34.8 Å². The van der Waals surface area contributed by atoms with Crippen LogP contribution in [0, 0.1) is 5.82 Å². The fourth-order valence-corrected chi connectivity index (χ4v) is 3.80. The molecule has 2 heterocycles. The second kappa shape index (κ2) is 13.3. The van der Waals surface area contributed by atoms with E-state index >= 15 is 0 Å². The molecule has 0 spiro atoms. The van der Waals surface area contributed by atoms with E-state index in [9.17, 15) is 4.39 Å². The number of furan rings is 1. The number of aromatic nitrogens is 3. The zero-order chi connectivity index (χ0) is 28.4. The van der Waals surface area contributed by atoms with Gasteiger partial charge in [-0.1, -0.05) is 17.7 Å². The average Bonchev–Trinajstić information content (AvgIpc) is 3.51. The van der Waals surface area contributed by atoms with Crippen LogP contribution in [0.25, 0.3) is 0 Å². The van der Waals surface area contributed by atoms with Crippen LogP contribution in [0.4, 0.5) is 27.9 Å². The lowest BCUT2D eigenvalue weighted by Gasteiger charge is -2.10. The summed E-state index contributed by atoms with van der Waals surface area (Å²) in [6.07, 6.45) is 3.20. The highest BCUT2D eigenvalue weighted by atomic mass is 35.5. The number of halogens is 2. The Morgan fingerprint density at radius 2 is 1.66 bits per heavy atom. The molecule has 208 valence electrons. The largest absolute Gasteiger partial charge is 0.497 e. The molecule has 0 radical (unpaired) electrons. The Morgan fingerprint density at radius 1 is 0.902 bits per heavy atom. The Hall–Kier alpha value is -5.16. The van der Waals surface area contributed by atoms with E-state index in [1.165, 1.54) is 6.07 Å². The molecule has 0 fully saturated rings. The van der Waals surface area contributed by atoms with Gasteiger partial charge in [0, 0.05) is 11.3 Å². The fraction of sp³-hybridized carbons (Fsp3) is 0.103. The molecule has 3 aromatic carbocycles. The summed E-state index contributed by atoms with van der Waals surface area (Å²) in [5, 5.41) is 10.9. The van der Waals surface area contributed by atoms with Crippen LogP contribution in [0.3, 0.4) is 0 Å². The van der Waals surface area contributed by atoms with Gasteiger partial charge in [0.1, 0.15) is 29.7 Å². The summed E-state index contributed by atoms with van der Waals surface area (Å²) in [5.41, 5.74) is 4.70. The zero-order valence-electron chi connectivity index (χ0n) is 21.8. The SMILES string of the molecule is COc1ccc(Nc2nc(NCc3ccco3)nc(N/N=C\c3ccc(OCc4c(F)cccc4Cl)cc3)n2)cc1. The van der Waals surface area contributed by atoms with Gasteiger partial charge >= 0.3 is 0 Å². The number of nitrogens with zero attached hydrogens (tertiary/aromatic N) is 4. The van der Waals surface area contributed by atoms with Gasteiger partial charge in [0.15, 0.2) is 0 Å². The maximum Gasteiger partial charge on any atom is 0.250 e. The van der Waals surface area contributed by atoms with Gasteiger partial charge in [0.25, 0.3) is 0 Å². The first-order chi connectivity index (χ1) is 20.1. The lowest BCUT2D eigenvalue weighted by molar-refractivity contribution is 0.300. The summed E-state index contributed by atoms with van der Waals surface area (Å²) in [6, 6.07) is 22.7. The van der Waals surface area contributed by atoms with Crippen molar-refractivity contribution in [2.24, 2.45) is 5.10 Å². The molecule has 41 heavy (non-hydrogen) atoms. The van der Waals surface area contributed by atoms with Crippen LogP contribution in [0.2, 0.25) is 5.02 Å². The van der Waals surface area contributed by atoms with Crippen LogP contribution in [0.1, 0.15) is 16.9 Å². The molecule has 2 aromatic heterocycles. The monoisotopic (exact) mass is 573 g/mol. The summed E-state index contributed by atoms with van der Waals surface area (Å²) < 4.78 is 30.2. The van der Waals surface area contributed by atoms with Gasteiger partial charge in [-0.3, -0.25) is 0 Å². The van der Waals surface area contributed by atoms with Gasteiger partial charge in [0.05, 0.1) is 31.2 Å². The number of ether oxygens (including phenoxy) is 2. The quantitative estimate of drug-likeness (QED) is 0.111. The number of rotatable bonds is 12. The van der Waals surface area contributed by atoms with Crippen molar-refractivity contribution in [1.82, 2.24) is 15.0 Å².